The van der Waals surface area contributed by atoms with Crippen molar-refractivity contribution >= 4 is 12.0 Å². The molecule has 1 rings (SSSR count). The third-order valence-electron chi connectivity index (χ3n) is 2.50. The molecule has 0 aromatic heterocycles. The summed E-state index contributed by atoms with van der Waals surface area (Å²) >= 11 is 0. The monoisotopic (exact) mass is 282 g/mol. The molecule has 20 heavy (non-hydrogen) atoms. The molecule has 0 aliphatic rings. The van der Waals surface area contributed by atoms with E-state index in [4.69, 9.17) is 4.74 Å². The first-order chi connectivity index (χ1) is 9.63. The Hall–Kier alpha value is -2.11. The molecule has 2 amide bonds. The zero-order valence-electron chi connectivity index (χ0n) is 11.4. The van der Waals surface area contributed by atoms with Crippen molar-refractivity contribution in [3.8, 4) is 0 Å². The van der Waals surface area contributed by atoms with Crippen molar-refractivity contribution in [1.29, 1.82) is 0 Å². The predicted octanol–water partition coefficient (Wildman–Crippen LogP) is 2.08. The van der Waals surface area contributed by atoms with Crippen molar-refractivity contribution in [3.63, 3.8) is 0 Å². The van der Waals surface area contributed by atoms with E-state index in [1.807, 2.05) is 6.92 Å². The summed E-state index contributed by atoms with van der Waals surface area (Å²) in [5.41, 5.74) is 0.246. The summed E-state index contributed by atoms with van der Waals surface area (Å²) in [6.45, 7) is 2.89. The highest BCUT2D eigenvalue weighted by molar-refractivity contribution is 5.94. The van der Waals surface area contributed by atoms with Crippen molar-refractivity contribution in [3.05, 3.63) is 35.6 Å². The van der Waals surface area contributed by atoms with E-state index in [9.17, 15) is 14.0 Å². The maximum absolute atomic E-state index is 12.9. The number of amides is 2. The number of hydrogen-bond donors (Lipinski definition) is 2. The summed E-state index contributed by atoms with van der Waals surface area (Å²) in [6, 6.07) is 5.41. The van der Waals surface area contributed by atoms with Crippen LogP contribution in [0.15, 0.2) is 24.3 Å². The summed E-state index contributed by atoms with van der Waals surface area (Å²) in [4.78, 5) is 22.8. The topological polar surface area (TPSA) is 67.4 Å². The Morgan fingerprint density at radius 2 is 2.00 bits per heavy atom. The molecule has 0 unspecified atom stereocenters. The van der Waals surface area contributed by atoms with Crippen LogP contribution in [0.25, 0.3) is 0 Å². The van der Waals surface area contributed by atoms with E-state index in [0.29, 0.717) is 6.61 Å². The Labute approximate surface area is 117 Å². The van der Waals surface area contributed by atoms with Gasteiger partial charge in [-0.2, -0.15) is 0 Å². The van der Waals surface area contributed by atoms with Gasteiger partial charge in [0.2, 0.25) is 0 Å². The van der Waals surface area contributed by atoms with Gasteiger partial charge >= 0.3 is 6.09 Å². The van der Waals surface area contributed by atoms with Crippen LogP contribution in [0.5, 0.6) is 0 Å². The highest BCUT2D eigenvalue weighted by Gasteiger charge is 2.06. The predicted molar refractivity (Wildman–Crippen MR) is 73.0 cm³/mol. The highest BCUT2D eigenvalue weighted by Crippen LogP contribution is 2.02. The molecule has 2 N–H and O–H groups in total. The molecule has 0 radical (unpaired) electrons. The largest absolute Gasteiger partial charge is 0.450 e. The van der Waals surface area contributed by atoms with E-state index < -0.39 is 11.9 Å². The van der Waals surface area contributed by atoms with Crippen LogP contribution in [-0.2, 0) is 4.74 Å². The molecule has 0 saturated carbocycles. The first-order valence-electron chi connectivity index (χ1n) is 6.58. The SMILES string of the molecule is CCCCOC(=O)NCCNC(=O)c1cccc(F)c1. The number of alkyl carbamates (subject to hydrolysis) is 1. The van der Waals surface area contributed by atoms with Crippen LogP contribution in [0.3, 0.4) is 0 Å². The van der Waals surface area contributed by atoms with E-state index >= 15 is 0 Å². The van der Waals surface area contributed by atoms with Crippen molar-refractivity contribution in [1.82, 2.24) is 10.6 Å². The maximum atomic E-state index is 12.9. The van der Waals surface area contributed by atoms with Crippen LogP contribution in [0.2, 0.25) is 0 Å². The molecule has 0 aliphatic carbocycles. The Balaban J connectivity index is 2.18. The summed E-state index contributed by atoms with van der Waals surface area (Å²) < 4.78 is 17.8. The van der Waals surface area contributed by atoms with Crippen LogP contribution < -0.4 is 10.6 Å². The molecule has 110 valence electrons. The van der Waals surface area contributed by atoms with E-state index in [1.165, 1.54) is 18.2 Å². The number of carbonyl (C=O) groups excluding carboxylic acids is 2. The average Bonchev–Trinajstić information content (AvgIpc) is 2.43. The van der Waals surface area contributed by atoms with Crippen LogP contribution in [0, 0.1) is 5.82 Å². The normalized spacial score (nSPS) is 9.90. The minimum absolute atomic E-state index is 0.246. The number of halogens is 1. The number of unbranched alkanes of at least 4 members (excludes halogenated alkanes) is 1. The summed E-state index contributed by atoms with van der Waals surface area (Å²) in [6.07, 6.45) is 1.28. The fourth-order valence-corrected chi connectivity index (χ4v) is 1.43. The lowest BCUT2D eigenvalue weighted by molar-refractivity contribution is 0.0951. The molecule has 0 heterocycles. The van der Waals surface area contributed by atoms with E-state index in [0.717, 1.165) is 18.9 Å². The van der Waals surface area contributed by atoms with Gasteiger partial charge in [-0.1, -0.05) is 19.4 Å². The summed E-state index contributed by atoms with van der Waals surface area (Å²) in [5.74, 6) is -0.846. The second-order valence-corrected chi connectivity index (χ2v) is 4.18. The Kier molecular flexibility index (Phi) is 7.10. The number of hydrogen-bond acceptors (Lipinski definition) is 3. The molecule has 0 atom stereocenters. The number of rotatable bonds is 7. The van der Waals surface area contributed by atoms with Crippen LogP contribution in [0.1, 0.15) is 30.1 Å². The second-order valence-electron chi connectivity index (χ2n) is 4.18. The van der Waals surface area contributed by atoms with E-state index in [1.54, 1.807) is 0 Å². The summed E-state index contributed by atoms with van der Waals surface area (Å²) in [5, 5.41) is 5.08. The van der Waals surface area contributed by atoms with Crippen molar-refractivity contribution in [2.75, 3.05) is 19.7 Å². The quantitative estimate of drug-likeness (QED) is 0.752. The molecule has 5 nitrogen and oxygen atoms in total. The third kappa shape index (κ3) is 6.17. The standard InChI is InChI=1S/C14H19FN2O3/c1-2-3-9-20-14(19)17-8-7-16-13(18)11-5-4-6-12(15)10-11/h4-6,10H,2-3,7-9H2,1H3,(H,16,18)(H,17,19). The fraction of sp³-hybridized carbons (Fsp3) is 0.429. The zero-order chi connectivity index (χ0) is 14.8. The molecule has 1 aromatic rings. The first kappa shape index (κ1) is 15.9. The molecule has 1 aromatic carbocycles. The van der Waals surface area contributed by atoms with Crippen LogP contribution >= 0.6 is 0 Å². The molecule has 0 aliphatic heterocycles. The van der Waals surface area contributed by atoms with Gasteiger partial charge in [-0.3, -0.25) is 4.79 Å². The van der Waals surface area contributed by atoms with Gasteiger partial charge < -0.3 is 15.4 Å². The number of benzene rings is 1. The second kappa shape index (κ2) is 8.90. The smallest absolute Gasteiger partial charge is 0.407 e. The fourth-order valence-electron chi connectivity index (χ4n) is 1.43. The lowest BCUT2D eigenvalue weighted by Gasteiger charge is -2.08. The number of ether oxygens (including phenoxy) is 1. The number of carbonyl (C=O) groups is 2. The molecular weight excluding hydrogens is 263 g/mol. The average molecular weight is 282 g/mol. The maximum Gasteiger partial charge on any atom is 0.407 e. The zero-order valence-corrected chi connectivity index (χ0v) is 11.4. The summed E-state index contributed by atoms with van der Waals surface area (Å²) in [7, 11) is 0. The molecule has 0 saturated heterocycles. The van der Waals surface area contributed by atoms with Gasteiger partial charge in [0.05, 0.1) is 6.61 Å². The Morgan fingerprint density at radius 1 is 1.25 bits per heavy atom. The molecule has 0 spiro atoms. The highest BCUT2D eigenvalue weighted by atomic mass is 19.1. The van der Waals surface area contributed by atoms with Gasteiger partial charge in [-0.15, -0.1) is 0 Å². The van der Waals surface area contributed by atoms with Gasteiger partial charge in [0.25, 0.3) is 5.91 Å². The lowest BCUT2D eigenvalue weighted by Crippen LogP contribution is -2.35. The van der Waals surface area contributed by atoms with Gasteiger partial charge in [-0.25, -0.2) is 9.18 Å². The van der Waals surface area contributed by atoms with Gasteiger partial charge in [0.15, 0.2) is 0 Å². The minimum atomic E-state index is -0.501. The van der Waals surface area contributed by atoms with Crippen LogP contribution in [0.4, 0.5) is 9.18 Å². The van der Waals surface area contributed by atoms with Gasteiger partial charge in [0.1, 0.15) is 5.82 Å². The Bertz CT molecular complexity index is 452. The van der Waals surface area contributed by atoms with Gasteiger partial charge in [0, 0.05) is 18.7 Å². The Morgan fingerprint density at radius 3 is 2.70 bits per heavy atom. The molecule has 0 fully saturated rings. The third-order valence-corrected chi connectivity index (χ3v) is 2.50. The molecular formula is C14H19FN2O3. The van der Waals surface area contributed by atoms with E-state index in [-0.39, 0.29) is 24.6 Å². The van der Waals surface area contributed by atoms with Crippen molar-refractivity contribution in [2.24, 2.45) is 0 Å². The number of nitrogens with one attached hydrogen (secondary N) is 2. The first-order valence-corrected chi connectivity index (χ1v) is 6.58. The lowest BCUT2D eigenvalue weighted by atomic mass is 10.2. The van der Waals surface area contributed by atoms with Crippen molar-refractivity contribution in [2.45, 2.75) is 19.8 Å². The minimum Gasteiger partial charge on any atom is -0.450 e. The van der Waals surface area contributed by atoms with Crippen molar-refractivity contribution < 1.29 is 18.7 Å². The van der Waals surface area contributed by atoms with E-state index in [2.05, 4.69) is 10.6 Å². The van der Waals surface area contributed by atoms with Crippen LogP contribution in [-0.4, -0.2) is 31.7 Å². The molecule has 0 bridgehead atoms. The van der Waals surface area contributed by atoms with Gasteiger partial charge in [-0.05, 0) is 24.6 Å². The molecule has 6 heteroatoms.